The van der Waals surface area contributed by atoms with Crippen molar-refractivity contribution in [1.82, 2.24) is 19.9 Å². The van der Waals surface area contributed by atoms with Crippen LogP contribution in [0, 0.1) is 0 Å². The number of rotatable bonds is 3. The fraction of sp³-hybridized carbons (Fsp3) is 0.353. The summed E-state index contributed by atoms with van der Waals surface area (Å²) in [6, 6.07) is 7.81. The maximum atomic E-state index is 12.5. The second-order valence-corrected chi connectivity index (χ2v) is 6.92. The molecule has 1 aliphatic rings. The lowest BCUT2D eigenvalue weighted by molar-refractivity contribution is 0.102. The number of amides is 1. The zero-order chi connectivity index (χ0) is 16.5. The Bertz CT molecular complexity index is 878. The smallest absolute Gasteiger partial charge is 0.277 e. The van der Waals surface area contributed by atoms with Crippen LogP contribution in [0.25, 0.3) is 11.0 Å². The number of para-hydroxylation sites is 2. The highest BCUT2D eigenvalue weighted by Gasteiger charge is 2.21. The normalized spacial score (nSPS) is 15.7. The topological polar surface area (TPSA) is 71.8 Å². The van der Waals surface area contributed by atoms with Crippen LogP contribution >= 0.6 is 11.3 Å². The van der Waals surface area contributed by atoms with Gasteiger partial charge >= 0.3 is 0 Å². The van der Waals surface area contributed by atoms with Gasteiger partial charge in [0.25, 0.3) is 5.91 Å². The summed E-state index contributed by atoms with van der Waals surface area (Å²) in [7, 11) is 1.90. The Morgan fingerprint density at radius 2 is 2.08 bits per heavy atom. The lowest BCUT2D eigenvalue weighted by atomic mass is 9.99. The Morgan fingerprint density at radius 1 is 1.29 bits per heavy atom. The molecule has 1 aromatic carbocycles. The highest BCUT2D eigenvalue weighted by atomic mass is 32.1. The summed E-state index contributed by atoms with van der Waals surface area (Å²) in [5, 5.41) is 9.13. The first-order valence-corrected chi connectivity index (χ1v) is 8.99. The molecule has 1 amide bonds. The van der Waals surface area contributed by atoms with Crippen LogP contribution in [0.2, 0.25) is 0 Å². The summed E-state index contributed by atoms with van der Waals surface area (Å²) in [6.07, 6.45) is 2.17. The van der Waals surface area contributed by atoms with E-state index >= 15 is 0 Å². The average Bonchev–Trinajstić information content (AvgIpc) is 3.22. The SMILES string of the molecule is Cn1c(NC(=O)c2csc(C3CCNCC3)n2)nc2ccccc21. The maximum absolute atomic E-state index is 12.5. The van der Waals surface area contributed by atoms with Crippen LogP contribution in [0.1, 0.15) is 34.3 Å². The van der Waals surface area contributed by atoms with Gasteiger partial charge in [0.2, 0.25) is 5.95 Å². The van der Waals surface area contributed by atoms with Crippen molar-refractivity contribution >= 4 is 34.2 Å². The van der Waals surface area contributed by atoms with E-state index in [-0.39, 0.29) is 5.91 Å². The maximum Gasteiger partial charge on any atom is 0.277 e. The molecule has 3 heterocycles. The van der Waals surface area contributed by atoms with Gasteiger partial charge in [0.15, 0.2) is 0 Å². The largest absolute Gasteiger partial charge is 0.317 e. The van der Waals surface area contributed by atoms with Crippen LogP contribution in [-0.2, 0) is 7.05 Å². The standard InChI is InChI=1S/C17H19N5OS/c1-22-14-5-3-2-4-12(14)20-17(22)21-15(23)13-10-24-16(19-13)11-6-8-18-9-7-11/h2-5,10-11,18H,6-9H2,1H3,(H,20,21,23). The predicted octanol–water partition coefficient (Wildman–Crippen LogP) is 2.75. The van der Waals surface area contributed by atoms with Crippen molar-refractivity contribution in [3.05, 3.63) is 40.3 Å². The fourth-order valence-corrected chi connectivity index (χ4v) is 4.04. The van der Waals surface area contributed by atoms with Crippen molar-refractivity contribution in [3.63, 3.8) is 0 Å². The third-order valence-electron chi connectivity index (χ3n) is 4.46. The average molecular weight is 341 g/mol. The molecule has 0 saturated carbocycles. The van der Waals surface area contributed by atoms with E-state index in [1.165, 1.54) is 0 Å². The summed E-state index contributed by atoms with van der Waals surface area (Å²) in [6.45, 7) is 2.04. The summed E-state index contributed by atoms with van der Waals surface area (Å²) < 4.78 is 1.88. The molecule has 3 aromatic rings. The van der Waals surface area contributed by atoms with Gasteiger partial charge in [-0.2, -0.15) is 0 Å². The third kappa shape index (κ3) is 2.81. The van der Waals surface area contributed by atoms with Crippen LogP contribution in [-0.4, -0.2) is 33.5 Å². The van der Waals surface area contributed by atoms with E-state index in [0.717, 1.165) is 42.0 Å². The molecule has 0 spiro atoms. The molecule has 2 N–H and O–H groups in total. The van der Waals surface area contributed by atoms with Crippen LogP contribution in [0.15, 0.2) is 29.6 Å². The molecule has 6 nitrogen and oxygen atoms in total. The molecular formula is C17H19N5OS. The first kappa shape index (κ1) is 15.3. The van der Waals surface area contributed by atoms with E-state index in [1.54, 1.807) is 11.3 Å². The number of piperidine rings is 1. The number of benzene rings is 1. The monoisotopic (exact) mass is 341 g/mol. The second-order valence-electron chi connectivity index (χ2n) is 6.03. The van der Waals surface area contributed by atoms with Crippen molar-refractivity contribution in [2.45, 2.75) is 18.8 Å². The van der Waals surface area contributed by atoms with Gasteiger partial charge in [0.05, 0.1) is 16.0 Å². The van der Waals surface area contributed by atoms with Gasteiger partial charge in [-0.3, -0.25) is 10.1 Å². The first-order chi connectivity index (χ1) is 11.7. The lowest BCUT2D eigenvalue weighted by Gasteiger charge is -2.20. The zero-order valence-corrected chi connectivity index (χ0v) is 14.3. The molecule has 1 saturated heterocycles. The zero-order valence-electron chi connectivity index (χ0n) is 13.5. The number of fused-ring (bicyclic) bond motifs is 1. The predicted molar refractivity (Wildman–Crippen MR) is 95.6 cm³/mol. The molecule has 0 aliphatic carbocycles. The summed E-state index contributed by atoms with van der Waals surface area (Å²) >= 11 is 1.58. The number of thiazole rings is 1. The number of imidazole rings is 1. The summed E-state index contributed by atoms with van der Waals surface area (Å²) in [4.78, 5) is 21.5. The number of carbonyl (C=O) groups is 1. The number of nitrogens with zero attached hydrogens (tertiary/aromatic N) is 3. The molecule has 2 aromatic heterocycles. The number of hydrogen-bond donors (Lipinski definition) is 2. The quantitative estimate of drug-likeness (QED) is 0.768. The molecule has 0 unspecified atom stereocenters. The Balaban J connectivity index is 1.53. The van der Waals surface area contributed by atoms with Crippen LogP contribution in [0.3, 0.4) is 0 Å². The van der Waals surface area contributed by atoms with E-state index in [2.05, 4.69) is 20.6 Å². The minimum Gasteiger partial charge on any atom is -0.317 e. The van der Waals surface area contributed by atoms with Gasteiger partial charge < -0.3 is 9.88 Å². The first-order valence-electron chi connectivity index (χ1n) is 8.11. The highest BCUT2D eigenvalue weighted by Crippen LogP contribution is 2.28. The van der Waals surface area contributed by atoms with Crippen molar-refractivity contribution in [1.29, 1.82) is 0 Å². The molecule has 4 rings (SSSR count). The number of aryl methyl sites for hydroxylation is 1. The van der Waals surface area contributed by atoms with E-state index in [0.29, 0.717) is 17.6 Å². The van der Waals surface area contributed by atoms with E-state index in [1.807, 2.05) is 41.3 Å². The molecule has 124 valence electrons. The van der Waals surface area contributed by atoms with E-state index < -0.39 is 0 Å². The molecule has 0 radical (unpaired) electrons. The van der Waals surface area contributed by atoms with Gasteiger partial charge in [0.1, 0.15) is 5.69 Å². The molecule has 24 heavy (non-hydrogen) atoms. The molecule has 0 atom stereocenters. The minimum absolute atomic E-state index is 0.204. The van der Waals surface area contributed by atoms with Crippen LogP contribution in [0.4, 0.5) is 5.95 Å². The number of nitrogens with one attached hydrogen (secondary N) is 2. The van der Waals surface area contributed by atoms with Gasteiger partial charge in [-0.25, -0.2) is 9.97 Å². The second kappa shape index (κ2) is 6.33. The molecule has 7 heteroatoms. The molecular weight excluding hydrogens is 322 g/mol. The van der Waals surface area contributed by atoms with Gasteiger partial charge in [0, 0.05) is 18.3 Å². The van der Waals surface area contributed by atoms with Gasteiger partial charge in [-0.05, 0) is 38.1 Å². The highest BCUT2D eigenvalue weighted by molar-refractivity contribution is 7.09. The Hall–Kier alpha value is -2.25. The molecule has 1 fully saturated rings. The number of carbonyl (C=O) groups excluding carboxylic acids is 1. The lowest BCUT2D eigenvalue weighted by Crippen LogP contribution is -2.26. The van der Waals surface area contributed by atoms with E-state index in [4.69, 9.17) is 0 Å². The molecule has 1 aliphatic heterocycles. The van der Waals surface area contributed by atoms with Crippen molar-refractivity contribution in [2.24, 2.45) is 7.05 Å². The van der Waals surface area contributed by atoms with Crippen LogP contribution in [0.5, 0.6) is 0 Å². The van der Waals surface area contributed by atoms with Gasteiger partial charge in [-0.1, -0.05) is 12.1 Å². The number of hydrogen-bond acceptors (Lipinski definition) is 5. The summed E-state index contributed by atoms with van der Waals surface area (Å²) in [5.74, 6) is 0.802. The Kier molecular flexibility index (Phi) is 4.03. The fourth-order valence-electron chi connectivity index (χ4n) is 3.07. The molecule has 0 bridgehead atoms. The Labute approximate surface area is 143 Å². The Morgan fingerprint density at radius 3 is 2.88 bits per heavy atom. The van der Waals surface area contributed by atoms with Crippen LogP contribution < -0.4 is 10.6 Å². The van der Waals surface area contributed by atoms with Crippen molar-refractivity contribution < 1.29 is 4.79 Å². The van der Waals surface area contributed by atoms with E-state index in [9.17, 15) is 4.79 Å². The third-order valence-corrected chi connectivity index (χ3v) is 5.46. The van der Waals surface area contributed by atoms with Crippen molar-refractivity contribution in [3.8, 4) is 0 Å². The summed E-state index contributed by atoms with van der Waals surface area (Å²) in [5.41, 5.74) is 2.33. The number of aromatic nitrogens is 3. The van der Waals surface area contributed by atoms with Crippen molar-refractivity contribution in [2.75, 3.05) is 18.4 Å². The minimum atomic E-state index is -0.204. The number of anilines is 1. The van der Waals surface area contributed by atoms with Gasteiger partial charge in [-0.15, -0.1) is 11.3 Å².